The first kappa shape index (κ1) is 19.1. The zero-order valence-corrected chi connectivity index (χ0v) is 17.1. The van der Waals surface area contributed by atoms with Crippen LogP contribution in [0.25, 0.3) is 22.5 Å². The highest BCUT2D eigenvalue weighted by Crippen LogP contribution is 2.39. The molecule has 7 heteroatoms. The highest BCUT2D eigenvalue weighted by molar-refractivity contribution is 6.01. The van der Waals surface area contributed by atoms with Gasteiger partial charge < -0.3 is 20.4 Å². The minimum Gasteiger partial charge on any atom is -0.490 e. The van der Waals surface area contributed by atoms with Crippen molar-refractivity contribution in [1.29, 1.82) is 0 Å². The molecule has 7 nitrogen and oxygen atoms in total. The standard InChI is InChI=1S/C22H25N5O2/c1-13-12-24-8-7-16(13)20-19(25-14(2)26-20)15-5-6-18-17(11-15)27(9-10-29-18)21(28)22(3,4)23/h5-8,11-12H,9-10,23H2,1-4H3,(H,25,26). The van der Waals surface area contributed by atoms with Gasteiger partial charge in [-0.3, -0.25) is 9.78 Å². The van der Waals surface area contributed by atoms with E-state index in [1.54, 1.807) is 24.9 Å². The van der Waals surface area contributed by atoms with Crippen LogP contribution in [-0.2, 0) is 4.79 Å². The van der Waals surface area contributed by atoms with E-state index in [0.29, 0.717) is 18.9 Å². The summed E-state index contributed by atoms with van der Waals surface area (Å²) in [5.74, 6) is 1.35. The summed E-state index contributed by atoms with van der Waals surface area (Å²) in [4.78, 5) is 26.9. The third-order valence-corrected chi connectivity index (χ3v) is 5.00. The number of fused-ring (bicyclic) bond motifs is 1. The van der Waals surface area contributed by atoms with Gasteiger partial charge in [-0.05, 0) is 57.5 Å². The van der Waals surface area contributed by atoms with Gasteiger partial charge in [-0.2, -0.15) is 0 Å². The van der Waals surface area contributed by atoms with Crippen molar-refractivity contribution in [3.8, 4) is 28.3 Å². The third-order valence-electron chi connectivity index (χ3n) is 5.00. The Hall–Kier alpha value is -3.19. The van der Waals surface area contributed by atoms with Crippen molar-refractivity contribution in [2.24, 2.45) is 5.73 Å². The SMILES string of the molecule is Cc1nc(-c2ccc3c(c2)N(C(=O)C(C)(C)N)CCO3)c(-c2ccncc2C)[nH]1. The molecule has 1 amide bonds. The van der Waals surface area contributed by atoms with Crippen LogP contribution in [0, 0.1) is 13.8 Å². The second kappa shape index (κ2) is 7.00. The number of anilines is 1. The molecular formula is C22H25N5O2. The predicted molar refractivity (Wildman–Crippen MR) is 113 cm³/mol. The fraction of sp³-hybridized carbons (Fsp3) is 0.318. The Morgan fingerprint density at radius 1 is 1.28 bits per heavy atom. The summed E-state index contributed by atoms with van der Waals surface area (Å²) in [6, 6.07) is 7.78. The summed E-state index contributed by atoms with van der Waals surface area (Å²) < 4.78 is 5.78. The number of aromatic amines is 1. The van der Waals surface area contributed by atoms with Crippen LogP contribution >= 0.6 is 0 Å². The van der Waals surface area contributed by atoms with Crippen LogP contribution in [-0.4, -0.2) is 39.5 Å². The quantitative estimate of drug-likeness (QED) is 0.714. The zero-order valence-electron chi connectivity index (χ0n) is 17.1. The van der Waals surface area contributed by atoms with Crippen molar-refractivity contribution in [3.05, 3.63) is 48.0 Å². The maximum atomic E-state index is 12.9. The Morgan fingerprint density at radius 3 is 2.79 bits per heavy atom. The van der Waals surface area contributed by atoms with Crippen LogP contribution in [0.2, 0.25) is 0 Å². The monoisotopic (exact) mass is 391 g/mol. The van der Waals surface area contributed by atoms with E-state index in [4.69, 9.17) is 15.5 Å². The van der Waals surface area contributed by atoms with Crippen molar-refractivity contribution >= 4 is 11.6 Å². The predicted octanol–water partition coefficient (Wildman–Crippen LogP) is 3.22. The molecule has 2 aromatic heterocycles. The lowest BCUT2D eigenvalue weighted by molar-refractivity contribution is -0.122. The number of ether oxygens (including phenoxy) is 1. The van der Waals surface area contributed by atoms with Gasteiger partial charge in [-0.15, -0.1) is 0 Å². The molecule has 1 aromatic carbocycles. The molecule has 0 radical (unpaired) electrons. The van der Waals surface area contributed by atoms with E-state index in [2.05, 4.69) is 9.97 Å². The van der Waals surface area contributed by atoms with E-state index in [9.17, 15) is 4.79 Å². The van der Waals surface area contributed by atoms with Crippen molar-refractivity contribution in [2.45, 2.75) is 33.2 Å². The summed E-state index contributed by atoms with van der Waals surface area (Å²) in [5, 5.41) is 0. The van der Waals surface area contributed by atoms with Gasteiger partial charge in [0.05, 0.1) is 29.2 Å². The molecule has 3 heterocycles. The van der Waals surface area contributed by atoms with E-state index in [1.807, 2.05) is 44.3 Å². The number of rotatable bonds is 3. The van der Waals surface area contributed by atoms with Gasteiger partial charge in [0, 0.05) is 23.5 Å². The summed E-state index contributed by atoms with van der Waals surface area (Å²) in [7, 11) is 0. The molecule has 0 fully saturated rings. The lowest BCUT2D eigenvalue weighted by Gasteiger charge is -2.34. The fourth-order valence-electron chi connectivity index (χ4n) is 3.57. The van der Waals surface area contributed by atoms with Crippen LogP contribution in [0.3, 0.4) is 0 Å². The van der Waals surface area contributed by atoms with Crippen molar-refractivity contribution in [2.75, 3.05) is 18.1 Å². The van der Waals surface area contributed by atoms with Crippen molar-refractivity contribution < 1.29 is 9.53 Å². The molecule has 150 valence electrons. The van der Waals surface area contributed by atoms with Crippen LogP contribution < -0.4 is 15.4 Å². The number of hydrogen-bond donors (Lipinski definition) is 2. The molecule has 0 atom stereocenters. The number of aromatic nitrogens is 3. The zero-order chi connectivity index (χ0) is 20.8. The second-order valence-corrected chi connectivity index (χ2v) is 7.95. The number of carbonyl (C=O) groups excluding carboxylic acids is 1. The molecule has 3 N–H and O–H groups in total. The van der Waals surface area contributed by atoms with Crippen molar-refractivity contribution in [3.63, 3.8) is 0 Å². The Bertz CT molecular complexity index is 1080. The number of nitrogens with one attached hydrogen (secondary N) is 1. The van der Waals surface area contributed by atoms with Crippen molar-refractivity contribution in [1.82, 2.24) is 15.0 Å². The summed E-state index contributed by atoms with van der Waals surface area (Å²) in [5.41, 5.74) is 10.6. The van der Waals surface area contributed by atoms with E-state index in [0.717, 1.165) is 39.6 Å². The third kappa shape index (κ3) is 3.49. The lowest BCUT2D eigenvalue weighted by Crippen LogP contribution is -2.53. The summed E-state index contributed by atoms with van der Waals surface area (Å²) in [6.07, 6.45) is 3.60. The molecule has 1 aliphatic rings. The summed E-state index contributed by atoms with van der Waals surface area (Å²) >= 11 is 0. The van der Waals surface area contributed by atoms with Crippen LogP contribution in [0.1, 0.15) is 25.2 Å². The number of nitrogens with zero attached hydrogens (tertiary/aromatic N) is 3. The Labute approximate surface area is 169 Å². The Morgan fingerprint density at radius 2 is 2.07 bits per heavy atom. The van der Waals surface area contributed by atoms with Gasteiger partial charge in [0.2, 0.25) is 5.91 Å². The first-order valence-corrected chi connectivity index (χ1v) is 9.61. The fourth-order valence-corrected chi connectivity index (χ4v) is 3.57. The second-order valence-electron chi connectivity index (χ2n) is 7.95. The highest BCUT2D eigenvalue weighted by Gasteiger charge is 2.32. The van der Waals surface area contributed by atoms with E-state index in [1.165, 1.54) is 0 Å². The molecule has 0 unspecified atom stereocenters. The number of pyridine rings is 1. The lowest BCUT2D eigenvalue weighted by atomic mass is 10.0. The van der Waals surface area contributed by atoms with Gasteiger partial charge in [-0.1, -0.05) is 0 Å². The van der Waals surface area contributed by atoms with Crippen LogP contribution in [0.15, 0.2) is 36.7 Å². The molecule has 3 aromatic rings. The first-order chi connectivity index (χ1) is 13.8. The topological polar surface area (TPSA) is 97.1 Å². The largest absolute Gasteiger partial charge is 0.490 e. The molecule has 0 aliphatic carbocycles. The van der Waals surface area contributed by atoms with Gasteiger partial charge in [0.25, 0.3) is 0 Å². The smallest absolute Gasteiger partial charge is 0.246 e. The number of H-pyrrole nitrogens is 1. The van der Waals surface area contributed by atoms with E-state index >= 15 is 0 Å². The molecular weight excluding hydrogens is 366 g/mol. The number of hydrogen-bond acceptors (Lipinski definition) is 5. The normalized spacial score (nSPS) is 13.8. The molecule has 0 bridgehead atoms. The number of imidazole rings is 1. The molecule has 1 aliphatic heterocycles. The Kier molecular flexibility index (Phi) is 4.62. The maximum absolute atomic E-state index is 12.9. The molecule has 29 heavy (non-hydrogen) atoms. The van der Waals surface area contributed by atoms with Gasteiger partial charge in [0.1, 0.15) is 18.2 Å². The average molecular weight is 391 g/mol. The summed E-state index contributed by atoms with van der Waals surface area (Å²) in [6.45, 7) is 8.29. The van der Waals surface area contributed by atoms with Gasteiger partial charge in [-0.25, -0.2) is 4.98 Å². The van der Waals surface area contributed by atoms with Crippen LogP contribution in [0.5, 0.6) is 5.75 Å². The highest BCUT2D eigenvalue weighted by atomic mass is 16.5. The number of aryl methyl sites for hydroxylation is 2. The Balaban J connectivity index is 1.83. The first-order valence-electron chi connectivity index (χ1n) is 9.61. The van der Waals surface area contributed by atoms with Crippen LogP contribution in [0.4, 0.5) is 5.69 Å². The van der Waals surface area contributed by atoms with E-state index in [-0.39, 0.29) is 5.91 Å². The molecule has 4 rings (SSSR count). The number of carbonyl (C=O) groups is 1. The molecule has 0 saturated carbocycles. The number of amides is 1. The van der Waals surface area contributed by atoms with Gasteiger partial charge in [0.15, 0.2) is 0 Å². The molecule has 0 saturated heterocycles. The van der Waals surface area contributed by atoms with Gasteiger partial charge >= 0.3 is 0 Å². The van der Waals surface area contributed by atoms with E-state index < -0.39 is 5.54 Å². The minimum absolute atomic E-state index is 0.136. The minimum atomic E-state index is -0.965. The number of benzene rings is 1. The molecule has 0 spiro atoms. The average Bonchev–Trinajstić information content (AvgIpc) is 3.07. The maximum Gasteiger partial charge on any atom is 0.246 e. The number of nitrogens with two attached hydrogens (primary N) is 1.